The highest BCUT2D eigenvalue weighted by atomic mass is 16.6. The maximum atomic E-state index is 14.8. The number of nitrogens with zero attached hydrogens (tertiary/aromatic N) is 2. The first-order valence-electron chi connectivity index (χ1n) is 17.3. The van der Waals surface area contributed by atoms with Crippen LogP contribution in [0.15, 0.2) is 86.0 Å². The van der Waals surface area contributed by atoms with Crippen LogP contribution >= 0.6 is 0 Å². The Balaban J connectivity index is 1.54. The van der Waals surface area contributed by atoms with E-state index in [1.54, 1.807) is 41.3 Å². The number of esters is 1. The molecule has 3 amide bonds. The van der Waals surface area contributed by atoms with Gasteiger partial charge in [0.15, 0.2) is 0 Å². The van der Waals surface area contributed by atoms with Crippen LogP contribution in [0.5, 0.6) is 0 Å². The highest BCUT2D eigenvalue weighted by molar-refractivity contribution is 5.98. The summed E-state index contributed by atoms with van der Waals surface area (Å²) in [7, 11) is 1.50. The van der Waals surface area contributed by atoms with Crippen LogP contribution in [-0.2, 0) is 33.4 Å². The van der Waals surface area contributed by atoms with E-state index in [1.807, 2.05) is 50.2 Å². The lowest BCUT2D eigenvalue weighted by atomic mass is 9.70. The van der Waals surface area contributed by atoms with Crippen LogP contribution in [0.2, 0.25) is 0 Å². The van der Waals surface area contributed by atoms with Gasteiger partial charge in [0.05, 0.1) is 43.2 Å². The molecule has 5 rings (SSSR count). The van der Waals surface area contributed by atoms with Crippen molar-refractivity contribution >= 4 is 23.7 Å². The van der Waals surface area contributed by atoms with Gasteiger partial charge in [-0.3, -0.25) is 19.2 Å². The van der Waals surface area contributed by atoms with Crippen molar-refractivity contribution in [2.24, 2.45) is 11.8 Å². The number of rotatable bonds is 17. The topological polar surface area (TPSA) is 135 Å². The molecule has 50 heavy (non-hydrogen) atoms. The lowest BCUT2D eigenvalue weighted by Crippen LogP contribution is -2.58. The number of fused-ring (bicyclic) bond motifs is 1. The summed E-state index contributed by atoms with van der Waals surface area (Å²) < 4.78 is 18.4. The Morgan fingerprint density at radius 2 is 1.74 bits per heavy atom. The van der Waals surface area contributed by atoms with E-state index in [2.05, 4.69) is 18.5 Å². The number of aliphatic hydroxyl groups is 1. The average Bonchev–Trinajstić information content (AvgIpc) is 3.77. The molecule has 268 valence electrons. The van der Waals surface area contributed by atoms with Gasteiger partial charge in [-0.2, -0.15) is 0 Å². The molecule has 3 heterocycles. The SMILES string of the molecule is C=CCCC(=O)N[C@H](COC)[C@H](OC(=O)[C@@H]1[C@@H]2CC[C@]3(O2)[C@H](C(=O)N(CC=C)C(C)C)N([C@H](CO)c2ccccc2)C(=O)[C@@H]13)c1ccccc1. The summed E-state index contributed by atoms with van der Waals surface area (Å²) in [6.45, 7) is 11.2. The largest absolute Gasteiger partial charge is 0.455 e. The molecule has 0 radical (unpaired) electrons. The average molecular weight is 688 g/mol. The Morgan fingerprint density at radius 1 is 1.08 bits per heavy atom. The number of likely N-dealkylation sites (tertiary alicyclic amines) is 1. The fourth-order valence-corrected chi connectivity index (χ4v) is 7.98. The quantitative estimate of drug-likeness (QED) is 0.189. The number of nitrogens with one attached hydrogen (secondary N) is 1. The molecule has 2 N–H and O–H groups in total. The van der Waals surface area contributed by atoms with Gasteiger partial charge in [0.25, 0.3) is 0 Å². The minimum Gasteiger partial charge on any atom is -0.455 e. The molecule has 2 aromatic rings. The Hall–Kier alpha value is -4.32. The summed E-state index contributed by atoms with van der Waals surface area (Å²) in [5.74, 6) is -3.74. The number of allylic oxidation sites excluding steroid dienone is 1. The van der Waals surface area contributed by atoms with Crippen LogP contribution < -0.4 is 5.32 Å². The second-order valence-corrected chi connectivity index (χ2v) is 13.5. The number of carbonyl (C=O) groups excluding carboxylic acids is 4. The van der Waals surface area contributed by atoms with Gasteiger partial charge in [-0.1, -0.05) is 72.8 Å². The molecule has 11 heteroatoms. The summed E-state index contributed by atoms with van der Waals surface area (Å²) in [4.78, 5) is 59.9. The third-order valence-corrected chi connectivity index (χ3v) is 10.2. The van der Waals surface area contributed by atoms with E-state index in [4.69, 9.17) is 14.2 Å². The molecule has 1 spiro atoms. The summed E-state index contributed by atoms with van der Waals surface area (Å²) >= 11 is 0. The van der Waals surface area contributed by atoms with Gasteiger partial charge in [0.1, 0.15) is 17.7 Å². The minimum absolute atomic E-state index is 0.0531. The lowest BCUT2D eigenvalue weighted by molar-refractivity contribution is -0.163. The highest BCUT2D eigenvalue weighted by Crippen LogP contribution is 2.60. The van der Waals surface area contributed by atoms with Gasteiger partial charge in [0, 0.05) is 26.1 Å². The molecule has 0 aliphatic carbocycles. The van der Waals surface area contributed by atoms with E-state index in [9.17, 15) is 24.3 Å². The number of methoxy groups -OCH3 is 1. The summed E-state index contributed by atoms with van der Waals surface area (Å²) in [5, 5.41) is 13.7. The number of carbonyl (C=O) groups is 4. The first-order chi connectivity index (χ1) is 24.1. The maximum absolute atomic E-state index is 14.8. The smallest absolute Gasteiger partial charge is 0.313 e. The summed E-state index contributed by atoms with van der Waals surface area (Å²) in [5.41, 5.74) is -0.0177. The highest BCUT2D eigenvalue weighted by Gasteiger charge is 2.76. The monoisotopic (exact) mass is 687 g/mol. The van der Waals surface area contributed by atoms with E-state index in [0.29, 0.717) is 30.4 Å². The molecule has 3 saturated heterocycles. The maximum Gasteiger partial charge on any atom is 0.313 e. The van der Waals surface area contributed by atoms with Crippen molar-refractivity contribution < 1.29 is 38.5 Å². The molecule has 2 bridgehead atoms. The normalized spacial score (nSPS) is 25.5. The molecule has 0 aromatic heterocycles. The van der Waals surface area contributed by atoms with Gasteiger partial charge in [-0.15, -0.1) is 13.2 Å². The summed E-state index contributed by atoms with van der Waals surface area (Å²) in [6.07, 6.45) is 3.18. The van der Waals surface area contributed by atoms with Gasteiger partial charge >= 0.3 is 5.97 Å². The van der Waals surface area contributed by atoms with Gasteiger partial charge in [-0.05, 0) is 44.2 Å². The molecular formula is C39H49N3O8. The summed E-state index contributed by atoms with van der Waals surface area (Å²) in [6, 6.07) is 15.2. The molecule has 3 aliphatic rings. The first kappa shape index (κ1) is 36.9. The van der Waals surface area contributed by atoms with Crippen LogP contribution in [0.25, 0.3) is 0 Å². The zero-order chi connectivity index (χ0) is 36.0. The number of amides is 3. The number of aliphatic hydroxyl groups excluding tert-OH is 1. The van der Waals surface area contributed by atoms with Gasteiger partial charge in [0.2, 0.25) is 17.7 Å². The van der Waals surface area contributed by atoms with Crippen LogP contribution in [-0.4, -0.2) is 95.3 Å². The van der Waals surface area contributed by atoms with Crippen molar-refractivity contribution in [1.29, 1.82) is 0 Å². The Kier molecular flexibility index (Phi) is 11.9. The van der Waals surface area contributed by atoms with E-state index < -0.39 is 66.3 Å². The van der Waals surface area contributed by atoms with Crippen molar-refractivity contribution in [3.05, 3.63) is 97.1 Å². The van der Waals surface area contributed by atoms with Crippen LogP contribution in [0, 0.1) is 11.8 Å². The second-order valence-electron chi connectivity index (χ2n) is 13.5. The lowest BCUT2D eigenvalue weighted by Gasteiger charge is -2.40. The van der Waals surface area contributed by atoms with Gasteiger partial charge < -0.3 is 34.4 Å². The van der Waals surface area contributed by atoms with Crippen molar-refractivity contribution in [2.45, 2.75) is 81.5 Å². The predicted molar refractivity (Wildman–Crippen MR) is 186 cm³/mol. The van der Waals surface area contributed by atoms with Crippen molar-refractivity contribution in [1.82, 2.24) is 15.1 Å². The first-order valence-corrected chi connectivity index (χ1v) is 17.3. The molecule has 11 nitrogen and oxygen atoms in total. The standard InChI is InChI=1S/C39H49N3O8/c1-6-8-19-31(44)40-28(24-48-5)34(27-17-13-10-14-18-27)49-38(47)32-30-20-21-39(50-30)33(32)36(45)42(29(23-43)26-15-11-9-12-16-26)35(39)37(46)41(22-7-2)25(3)4/h6-7,9-18,25,28-30,32-35,43H,1-2,8,19-24H2,3-5H3,(H,40,44)/t28-,29-,30+,32-,33-,34-,35+,39-/m1/s1. The predicted octanol–water partition coefficient (Wildman–Crippen LogP) is 3.90. The molecule has 8 atom stereocenters. The second kappa shape index (κ2) is 16.1. The molecule has 3 fully saturated rings. The van der Waals surface area contributed by atoms with Crippen molar-refractivity contribution in [3.8, 4) is 0 Å². The van der Waals surface area contributed by atoms with E-state index in [0.717, 1.165) is 0 Å². The zero-order valence-electron chi connectivity index (χ0n) is 29.1. The van der Waals surface area contributed by atoms with Crippen LogP contribution in [0.3, 0.4) is 0 Å². The number of ether oxygens (including phenoxy) is 3. The molecular weight excluding hydrogens is 638 g/mol. The van der Waals surface area contributed by atoms with Crippen LogP contribution in [0.1, 0.15) is 62.8 Å². The third kappa shape index (κ3) is 6.99. The van der Waals surface area contributed by atoms with Crippen molar-refractivity contribution in [2.75, 3.05) is 26.9 Å². The Morgan fingerprint density at radius 3 is 2.32 bits per heavy atom. The Bertz CT molecular complexity index is 1530. The van der Waals surface area contributed by atoms with E-state index >= 15 is 0 Å². The molecule has 0 saturated carbocycles. The van der Waals surface area contributed by atoms with Gasteiger partial charge in [-0.25, -0.2) is 0 Å². The fraction of sp³-hybridized carbons (Fsp3) is 0.487. The molecule has 0 unspecified atom stereocenters. The third-order valence-electron chi connectivity index (χ3n) is 10.2. The Labute approximate surface area is 294 Å². The zero-order valence-corrected chi connectivity index (χ0v) is 29.1. The van der Waals surface area contributed by atoms with E-state index in [-0.39, 0.29) is 37.4 Å². The number of benzene rings is 2. The van der Waals surface area contributed by atoms with Crippen LogP contribution in [0.4, 0.5) is 0 Å². The van der Waals surface area contributed by atoms with E-state index in [1.165, 1.54) is 12.0 Å². The number of hydrogen-bond acceptors (Lipinski definition) is 8. The molecule has 2 aromatic carbocycles. The molecule has 3 aliphatic heterocycles. The minimum atomic E-state index is -1.31. The van der Waals surface area contributed by atoms with Crippen molar-refractivity contribution in [3.63, 3.8) is 0 Å². The fourth-order valence-electron chi connectivity index (χ4n) is 7.98. The number of hydrogen-bond donors (Lipinski definition) is 2.